The summed E-state index contributed by atoms with van der Waals surface area (Å²) in [6.45, 7) is 4.03. The summed E-state index contributed by atoms with van der Waals surface area (Å²) in [5.41, 5.74) is 0.208. The molecule has 0 rings (SSSR count). The molecule has 1 nitrogen and oxygen atoms in total. The van der Waals surface area contributed by atoms with E-state index in [0.717, 1.165) is 0 Å². The molecule has 0 saturated heterocycles. The highest BCUT2D eigenvalue weighted by molar-refractivity contribution is 7.37. The van der Waals surface area contributed by atoms with Gasteiger partial charge in [-0.25, -0.2) is 0 Å². The van der Waals surface area contributed by atoms with Crippen molar-refractivity contribution < 1.29 is 4.74 Å². The Morgan fingerprint density at radius 1 is 1.29 bits per heavy atom. The van der Waals surface area contributed by atoms with Crippen molar-refractivity contribution >= 4 is 18.5 Å². The molecule has 0 amide bonds. The van der Waals surface area contributed by atoms with E-state index in [2.05, 4.69) is 18.5 Å². The molecule has 0 heterocycles. The summed E-state index contributed by atoms with van der Waals surface area (Å²) in [5.74, 6) is 0. The maximum atomic E-state index is 5.18. The third-order valence-corrected chi connectivity index (χ3v) is 0.744. The second kappa shape index (κ2) is 3.78. The highest BCUT2D eigenvalue weighted by Gasteiger charge is 1.94. The third kappa shape index (κ3) is 6.82. The Bertz CT molecular complexity index is 39.0. The van der Waals surface area contributed by atoms with E-state index in [1.165, 1.54) is 0 Å². The Kier molecular flexibility index (Phi) is 4.22. The Hall–Kier alpha value is 0.820. The van der Waals surface area contributed by atoms with Crippen LogP contribution >= 0.6 is 18.5 Å². The highest BCUT2D eigenvalue weighted by atomic mass is 31.1. The van der Waals surface area contributed by atoms with Crippen molar-refractivity contribution in [2.24, 2.45) is 0 Å². The van der Waals surface area contributed by atoms with Crippen LogP contribution in [0.3, 0.4) is 0 Å². The molecule has 0 bridgehead atoms. The van der Waals surface area contributed by atoms with Gasteiger partial charge in [-0.15, -0.1) is 18.5 Å². The molecule has 0 aliphatic carbocycles. The van der Waals surface area contributed by atoms with Gasteiger partial charge in [0.25, 0.3) is 0 Å². The molecule has 0 fully saturated rings. The van der Waals surface area contributed by atoms with Crippen LogP contribution in [0.15, 0.2) is 0 Å². The zero-order valence-corrected chi connectivity index (χ0v) is 7.03. The molecule has 0 aromatic carbocycles. The topological polar surface area (TPSA) is 9.23 Å². The van der Waals surface area contributed by atoms with Crippen LogP contribution in [0.2, 0.25) is 0 Å². The maximum absolute atomic E-state index is 5.18. The van der Waals surface area contributed by atoms with Crippen LogP contribution in [0.5, 0.6) is 0 Å². The molecule has 0 aliphatic rings. The SMILES string of the molecule is CC(C)OC(P)P. The van der Waals surface area contributed by atoms with Crippen LogP contribution in [0.1, 0.15) is 13.8 Å². The minimum absolute atomic E-state index is 0.208. The van der Waals surface area contributed by atoms with E-state index in [-0.39, 0.29) is 5.59 Å². The van der Waals surface area contributed by atoms with Crippen LogP contribution in [0.25, 0.3) is 0 Å². The summed E-state index contributed by atoms with van der Waals surface area (Å²) >= 11 is 0. The summed E-state index contributed by atoms with van der Waals surface area (Å²) in [4.78, 5) is 0. The van der Waals surface area contributed by atoms with E-state index < -0.39 is 0 Å². The zero-order valence-electron chi connectivity index (χ0n) is 4.72. The van der Waals surface area contributed by atoms with Crippen LogP contribution in [-0.4, -0.2) is 11.7 Å². The lowest BCUT2D eigenvalue weighted by molar-refractivity contribution is 0.102. The van der Waals surface area contributed by atoms with Gasteiger partial charge in [0.05, 0.1) is 11.7 Å². The fourth-order valence-electron chi connectivity index (χ4n) is 0.314. The minimum Gasteiger partial charge on any atom is -0.368 e. The first-order chi connectivity index (χ1) is 3.13. The number of ether oxygens (including phenoxy) is 1. The normalized spacial score (nSPS) is 11.1. The number of rotatable bonds is 2. The van der Waals surface area contributed by atoms with Crippen molar-refractivity contribution in [2.45, 2.75) is 25.5 Å². The Morgan fingerprint density at radius 3 is 1.71 bits per heavy atom. The quantitative estimate of drug-likeness (QED) is 0.524. The highest BCUT2D eigenvalue weighted by Crippen LogP contribution is 2.11. The van der Waals surface area contributed by atoms with Crippen molar-refractivity contribution in [2.75, 3.05) is 0 Å². The fourth-order valence-corrected chi connectivity index (χ4v) is 0.943. The predicted octanol–water partition coefficient (Wildman–Crippen LogP) is 1.45. The van der Waals surface area contributed by atoms with E-state index in [4.69, 9.17) is 4.74 Å². The third-order valence-electron chi connectivity index (χ3n) is 0.429. The van der Waals surface area contributed by atoms with Crippen molar-refractivity contribution in [3.63, 3.8) is 0 Å². The smallest absolute Gasteiger partial charge is 0.0841 e. The van der Waals surface area contributed by atoms with Gasteiger partial charge in [-0.2, -0.15) is 0 Å². The summed E-state index contributed by atoms with van der Waals surface area (Å²) in [6, 6.07) is 0. The molecule has 0 spiro atoms. The van der Waals surface area contributed by atoms with Crippen LogP contribution in [0, 0.1) is 0 Å². The number of hydrogen-bond donors (Lipinski definition) is 0. The lowest BCUT2D eigenvalue weighted by Gasteiger charge is -2.09. The molecule has 0 saturated carbocycles. The van der Waals surface area contributed by atoms with Crippen molar-refractivity contribution in [1.29, 1.82) is 0 Å². The van der Waals surface area contributed by atoms with E-state index in [0.29, 0.717) is 6.10 Å². The van der Waals surface area contributed by atoms with Crippen molar-refractivity contribution in [1.82, 2.24) is 0 Å². The molecule has 0 aromatic heterocycles. The predicted molar refractivity (Wildman–Crippen MR) is 39.4 cm³/mol. The fraction of sp³-hybridized carbons (Fsp3) is 1.00. The monoisotopic (exact) mass is 138 g/mol. The first-order valence-electron chi connectivity index (χ1n) is 2.29. The molecule has 7 heavy (non-hydrogen) atoms. The molecule has 3 heteroatoms. The molecule has 2 unspecified atom stereocenters. The minimum atomic E-state index is 0.208. The van der Waals surface area contributed by atoms with Crippen molar-refractivity contribution in [3.05, 3.63) is 0 Å². The summed E-state index contributed by atoms with van der Waals surface area (Å²) < 4.78 is 5.18. The molecule has 0 radical (unpaired) electrons. The van der Waals surface area contributed by atoms with Crippen molar-refractivity contribution in [3.8, 4) is 0 Å². The van der Waals surface area contributed by atoms with Gasteiger partial charge in [-0.3, -0.25) is 0 Å². The average molecular weight is 138 g/mol. The first kappa shape index (κ1) is 7.82. The Morgan fingerprint density at radius 2 is 1.71 bits per heavy atom. The molecular weight excluding hydrogens is 126 g/mol. The first-order valence-corrected chi connectivity index (χ1v) is 3.63. The molecule has 2 atom stereocenters. The number of hydrogen-bond acceptors (Lipinski definition) is 1. The lowest BCUT2D eigenvalue weighted by atomic mass is 10.5. The van der Waals surface area contributed by atoms with Gasteiger partial charge in [0.2, 0.25) is 0 Å². The second-order valence-corrected chi connectivity index (χ2v) is 3.73. The van der Waals surface area contributed by atoms with E-state index in [9.17, 15) is 0 Å². The van der Waals surface area contributed by atoms with E-state index >= 15 is 0 Å². The van der Waals surface area contributed by atoms with Gasteiger partial charge < -0.3 is 4.74 Å². The summed E-state index contributed by atoms with van der Waals surface area (Å²) in [5, 5.41) is 0. The Balaban J connectivity index is 2.95. The summed E-state index contributed by atoms with van der Waals surface area (Å²) in [7, 11) is 5.09. The lowest BCUT2D eigenvalue weighted by Crippen LogP contribution is -2.04. The van der Waals surface area contributed by atoms with Gasteiger partial charge in [-0.1, -0.05) is 0 Å². The van der Waals surface area contributed by atoms with E-state index in [1.807, 2.05) is 13.8 Å². The van der Waals surface area contributed by atoms with Gasteiger partial charge >= 0.3 is 0 Å². The van der Waals surface area contributed by atoms with Gasteiger partial charge in [0, 0.05) is 0 Å². The molecular formula is C4H12OP2. The Labute approximate surface area is 49.6 Å². The van der Waals surface area contributed by atoms with Crippen LogP contribution < -0.4 is 0 Å². The van der Waals surface area contributed by atoms with E-state index in [1.54, 1.807) is 0 Å². The molecule has 0 aliphatic heterocycles. The molecule has 0 N–H and O–H groups in total. The van der Waals surface area contributed by atoms with Crippen LogP contribution in [0.4, 0.5) is 0 Å². The van der Waals surface area contributed by atoms with Crippen LogP contribution in [-0.2, 0) is 4.74 Å². The second-order valence-electron chi connectivity index (χ2n) is 1.65. The zero-order chi connectivity index (χ0) is 5.86. The van der Waals surface area contributed by atoms with Gasteiger partial charge in [-0.05, 0) is 13.8 Å². The maximum Gasteiger partial charge on any atom is 0.0841 e. The van der Waals surface area contributed by atoms with Gasteiger partial charge in [0.15, 0.2) is 0 Å². The standard InChI is InChI=1S/C4H12OP2/c1-3(2)5-4(6)7/h3-4H,6-7H2,1-2H3. The molecule has 44 valence electrons. The summed E-state index contributed by atoms with van der Waals surface area (Å²) in [6.07, 6.45) is 0.333. The molecule has 0 aromatic rings. The van der Waals surface area contributed by atoms with Gasteiger partial charge in [0.1, 0.15) is 0 Å². The largest absolute Gasteiger partial charge is 0.368 e. The average Bonchev–Trinajstić information content (AvgIpc) is 1.27.